The van der Waals surface area contributed by atoms with E-state index in [2.05, 4.69) is 26.4 Å². The van der Waals surface area contributed by atoms with Crippen LogP contribution in [0.1, 0.15) is 26.3 Å². The van der Waals surface area contributed by atoms with Crippen LogP contribution in [0.5, 0.6) is 5.75 Å². The molecule has 0 saturated heterocycles. The molecule has 0 radical (unpaired) electrons. The van der Waals surface area contributed by atoms with E-state index in [-0.39, 0.29) is 0 Å². The fourth-order valence-electron chi connectivity index (χ4n) is 3.67. The number of rotatable bonds is 7. The van der Waals surface area contributed by atoms with Gasteiger partial charge in [-0.2, -0.15) is 0 Å². The Morgan fingerprint density at radius 2 is 1.35 bits per heavy atom. The van der Waals surface area contributed by atoms with Gasteiger partial charge in [-0.3, -0.25) is 20.4 Å². The van der Waals surface area contributed by atoms with E-state index in [9.17, 15) is 9.59 Å². The molecule has 37 heavy (non-hydrogen) atoms. The van der Waals surface area contributed by atoms with Crippen LogP contribution in [-0.2, 0) is 6.61 Å². The second kappa shape index (κ2) is 11.0. The lowest BCUT2D eigenvalue weighted by molar-refractivity contribution is 0.0846. The zero-order valence-corrected chi connectivity index (χ0v) is 19.6. The topological polar surface area (TPSA) is 111 Å². The molecule has 1 aromatic heterocycles. The Labute approximate surface area is 212 Å². The lowest BCUT2D eigenvalue weighted by Gasteiger charge is -2.12. The molecular weight excluding hydrogens is 468 g/mol. The summed E-state index contributed by atoms with van der Waals surface area (Å²) in [6.45, 7) is 0.350. The van der Waals surface area contributed by atoms with Crippen molar-refractivity contribution >= 4 is 11.8 Å². The van der Waals surface area contributed by atoms with Crippen molar-refractivity contribution in [2.24, 2.45) is 0 Å². The molecule has 0 atom stereocenters. The van der Waals surface area contributed by atoms with Gasteiger partial charge in [-0.1, -0.05) is 60.7 Å². The average Bonchev–Trinajstić information content (AvgIpc) is 3.51. The summed E-state index contributed by atoms with van der Waals surface area (Å²) in [5.41, 5.74) is 9.35. The number of aromatic nitrogens is 4. The van der Waals surface area contributed by atoms with Gasteiger partial charge in [0.2, 0.25) is 0 Å². The van der Waals surface area contributed by atoms with Crippen LogP contribution in [0.4, 0.5) is 0 Å². The lowest BCUT2D eigenvalue weighted by atomic mass is 10.0. The van der Waals surface area contributed by atoms with E-state index in [1.807, 2.05) is 66.7 Å². The molecule has 5 aromatic rings. The van der Waals surface area contributed by atoms with Gasteiger partial charge in [0.1, 0.15) is 18.7 Å². The normalized spacial score (nSPS) is 10.5. The fraction of sp³-hybridized carbons (Fsp3) is 0.0357. The number of hydrogen-bond acceptors (Lipinski definition) is 6. The Kier molecular flexibility index (Phi) is 6.94. The number of ether oxygens (including phenoxy) is 1. The summed E-state index contributed by atoms with van der Waals surface area (Å²) in [5, 5.41) is 10.9. The number of hydrogen-bond donors (Lipinski definition) is 2. The van der Waals surface area contributed by atoms with Crippen LogP contribution < -0.4 is 15.6 Å². The molecule has 0 bridgehead atoms. The molecule has 0 aliphatic rings. The van der Waals surface area contributed by atoms with Crippen molar-refractivity contribution < 1.29 is 14.3 Å². The maximum atomic E-state index is 12.5. The van der Waals surface area contributed by atoms with Gasteiger partial charge in [-0.25, -0.2) is 4.68 Å². The molecule has 0 aliphatic carbocycles. The minimum atomic E-state index is -0.446. The van der Waals surface area contributed by atoms with Crippen LogP contribution in [0.2, 0.25) is 0 Å². The van der Waals surface area contributed by atoms with Crippen LogP contribution in [0.25, 0.3) is 16.8 Å². The van der Waals surface area contributed by atoms with E-state index in [1.165, 1.54) is 11.0 Å². The molecule has 2 N–H and O–H groups in total. The Morgan fingerprint density at radius 1 is 0.730 bits per heavy atom. The van der Waals surface area contributed by atoms with Crippen molar-refractivity contribution in [2.75, 3.05) is 0 Å². The molecule has 2 amide bonds. The van der Waals surface area contributed by atoms with Crippen molar-refractivity contribution in [3.8, 4) is 22.6 Å². The number of carbonyl (C=O) groups is 2. The van der Waals surface area contributed by atoms with E-state index in [0.29, 0.717) is 23.4 Å². The Bertz CT molecular complexity index is 1490. The molecular formula is C28H22N6O3. The first-order valence-electron chi connectivity index (χ1n) is 11.5. The minimum absolute atomic E-state index is 0.350. The van der Waals surface area contributed by atoms with E-state index < -0.39 is 11.8 Å². The number of carbonyl (C=O) groups excluding carboxylic acids is 2. The first kappa shape index (κ1) is 23.4. The van der Waals surface area contributed by atoms with Gasteiger partial charge in [0.25, 0.3) is 11.8 Å². The predicted octanol–water partition coefficient (Wildman–Crippen LogP) is 3.98. The summed E-state index contributed by atoms with van der Waals surface area (Å²) < 4.78 is 7.54. The van der Waals surface area contributed by atoms with Crippen molar-refractivity contribution in [3.63, 3.8) is 0 Å². The lowest BCUT2D eigenvalue weighted by Crippen LogP contribution is -2.41. The number of benzene rings is 4. The number of nitrogens with one attached hydrogen (secondary N) is 2. The van der Waals surface area contributed by atoms with Crippen LogP contribution in [0.3, 0.4) is 0 Å². The molecule has 0 fully saturated rings. The van der Waals surface area contributed by atoms with Crippen molar-refractivity contribution in [1.29, 1.82) is 0 Å². The molecule has 9 heteroatoms. The Morgan fingerprint density at radius 3 is 2.00 bits per heavy atom. The molecule has 182 valence electrons. The average molecular weight is 491 g/mol. The summed E-state index contributed by atoms with van der Waals surface area (Å²) in [5.74, 6) is -0.0940. The Hall–Kier alpha value is -5.31. The highest BCUT2D eigenvalue weighted by Crippen LogP contribution is 2.30. The second-order valence-corrected chi connectivity index (χ2v) is 8.06. The Balaban J connectivity index is 1.15. The molecule has 0 spiro atoms. The van der Waals surface area contributed by atoms with Crippen LogP contribution in [-0.4, -0.2) is 32.0 Å². The minimum Gasteiger partial charge on any atom is -0.488 e. The third kappa shape index (κ3) is 5.68. The van der Waals surface area contributed by atoms with Gasteiger partial charge in [0.15, 0.2) is 0 Å². The second-order valence-electron chi connectivity index (χ2n) is 8.06. The number of amides is 2. The fourth-order valence-corrected chi connectivity index (χ4v) is 3.67. The SMILES string of the molecule is O=C(NNC(=O)c1ccc(-n2cnnn2)cc1)c1ccc(COc2ccccc2-c2ccccc2)cc1. The molecule has 0 saturated carbocycles. The first-order valence-corrected chi connectivity index (χ1v) is 11.5. The monoisotopic (exact) mass is 490 g/mol. The van der Waals surface area contributed by atoms with Crippen molar-refractivity contribution in [1.82, 2.24) is 31.1 Å². The molecule has 5 rings (SSSR count). The van der Waals surface area contributed by atoms with Gasteiger partial charge in [-0.15, -0.1) is 5.10 Å². The zero-order valence-electron chi connectivity index (χ0n) is 19.6. The largest absolute Gasteiger partial charge is 0.488 e. The maximum Gasteiger partial charge on any atom is 0.269 e. The zero-order chi connectivity index (χ0) is 25.5. The van der Waals surface area contributed by atoms with Gasteiger partial charge >= 0.3 is 0 Å². The highest BCUT2D eigenvalue weighted by atomic mass is 16.5. The summed E-state index contributed by atoms with van der Waals surface area (Å²) >= 11 is 0. The quantitative estimate of drug-likeness (QED) is 0.334. The van der Waals surface area contributed by atoms with Crippen LogP contribution in [0, 0.1) is 0 Å². The van der Waals surface area contributed by atoms with Gasteiger partial charge in [-0.05, 0) is 64.0 Å². The molecule has 4 aromatic carbocycles. The highest BCUT2D eigenvalue weighted by Gasteiger charge is 2.11. The third-order valence-electron chi connectivity index (χ3n) is 5.61. The van der Waals surface area contributed by atoms with Crippen molar-refractivity contribution in [3.05, 3.63) is 126 Å². The molecule has 1 heterocycles. The van der Waals surface area contributed by atoms with E-state index in [1.54, 1.807) is 36.4 Å². The first-order chi connectivity index (χ1) is 18.2. The number of para-hydroxylation sites is 1. The van der Waals surface area contributed by atoms with Gasteiger partial charge in [0.05, 0.1) is 5.69 Å². The van der Waals surface area contributed by atoms with E-state index >= 15 is 0 Å². The standard InChI is InChI=1S/C28H22N6O3/c35-27(30-31-28(36)23-14-16-24(17-15-23)34-19-29-32-33-34)22-12-10-20(11-13-22)18-37-26-9-5-4-8-25(26)21-6-2-1-3-7-21/h1-17,19H,18H2,(H,30,35)(H,31,36). The van der Waals surface area contributed by atoms with E-state index in [0.717, 1.165) is 22.4 Å². The summed E-state index contributed by atoms with van der Waals surface area (Å²) in [6.07, 6.45) is 1.45. The number of tetrazole rings is 1. The highest BCUT2D eigenvalue weighted by molar-refractivity contribution is 5.99. The van der Waals surface area contributed by atoms with Crippen LogP contribution >= 0.6 is 0 Å². The number of nitrogens with zero attached hydrogens (tertiary/aromatic N) is 4. The summed E-state index contributed by atoms with van der Waals surface area (Å²) in [6, 6.07) is 31.6. The van der Waals surface area contributed by atoms with Crippen LogP contribution in [0.15, 0.2) is 109 Å². The van der Waals surface area contributed by atoms with E-state index in [4.69, 9.17) is 4.74 Å². The number of hydrazine groups is 1. The molecule has 9 nitrogen and oxygen atoms in total. The summed E-state index contributed by atoms with van der Waals surface area (Å²) in [4.78, 5) is 24.9. The van der Waals surface area contributed by atoms with Gasteiger partial charge < -0.3 is 4.74 Å². The third-order valence-corrected chi connectivity index (χ3v) is 5.61. The predicted molar refractivity (Wildman–Crippen MR) is 137 cm³/mol. The van der Waals surface area contributed by atoms with Crippen molar-refractivity contribution in [2.45, 2.75) is 6.61 Å². The molecule has 0 aliphatic heterocycles. The maximum absolute atomic E-state index is 12.5. The van der Waals surface area contributed by atoms with Gasteiger partial charge in [0, 0.05) is 16.7 Å². The molecule has 0 unspecified atom stereocenters. The summed E-state index contributed by atoms with van der Waals surface area (Å²) in [7, 11) is 0. The smallest absolute Gasteiger partial charge is 0.269 e.